The van der Waals surface area contributed by atoms with Crippen LogP contribution in [0.25, 0.3) is 0 Å². The maximum absolute atomic E-state index is 12.8. The lowest BCUT2D eigenvalue weighted by Gasteiger charge is -2.18. The van der Waals surface area contributed by atoms with Crippen molar-refractivity contribution in [1.82, 2.24) is 0 Å². The van der Waals surface area contributed by atoms with Gasteiger partial charge in [0.2, 0.25) is 0 Å². The summed E-state index contributed by atoms with van der Waals surface area (Å²) in [7, 11) is 0. The second-order valence-corrected chi connectivity index (χ2v) is 22.0. The maximum Gasteiger partial charge on any atom is 0.306 e. The first-order chi connectivity index (χ1) is 36.5. The van der Waals surface area contributed by atoms with Gasteiger partial charge in [0.05, 0.1) is 0 Å². The second kappa shape index (κ2) is 62.9. The molecule has 0 saturated heterocycles. The normalized spacial score (nSPS) is 12.3. The molecule has 432 valence electrons. The van der Waals surface area contributed by atoms with Gasteiger partial charge < -0.3 is 14.2 Å². The molecule has 0 saturated carbocycles. The Hall–Kier alpha value is -2.63. The van der Waals surface area contributed by atoms with Gasteiger partial charge in [0.25, 0.3) is 0 Å². The molecule has 0 spiro atoms. The minimum atomic E-state index is -0.771. The van der Waals surface area contributed by atoms with Crippen LogP contribution in [0.4, 0.5) is 0 Å². The van der Waals surface area contributed by atoms with Gasteiger partial charge in [-0.2, -0.15) is 0 Å². The van der Waals surface area contributed by atoms with Crippen molar-refractivity contribution in [3.05, 3.63) is 48.6 Å². The highest BCUT2D eigenvalue weighted by molar-refractivity contribution is 5.71. The third-order valence-electron chi connectivity index (χ3n) is 14.6. The Morgan fingerprint density at radius 3 is 0.770 bits per heavy atom. The fourth-order valence-corrected chi connectivity index (χ4v) is 9.62. The van der Waals surface area contributed by atoms with E-state index in [1.807, 2.05) is 0 Å². The van der Waals surface area contributed by atoms with Crippen LogP contribution in [0.15, 0.2) is 48.6 Å². The van der Waals surface area contributed by atoms with Crippen molar-refractivity contribution >= 4 is 17.9 Å². The van der Waals surface area contributed by atoms with E-state index in [4.69, 9.17) is 14.2 Å². The van der Waals surface area contributed by atoms with E-state index in [1.165, 1.54) is 238 Å². The van der Waals surface area contributed by atoms with Crippen LogP contribution >= 0.6 is 0 Å². The molecule has 6 nitrogen and oxygen atoms in total. The Balaban J connectivity index is 4.06. The van der Waals surface area contributed by atoms with Crippen molar-refractivity contribution < 1.29 is 28.6 Å². The van der Waals surface area contributed by atoms with Crippen LogP contribution in [0.3, 0.4) is 0 Å². The van der Waals surface area contributed by atoms with Crippen molar-refractivity contribution in [2.45, 2.75) is 354 Å². The molecule has 0 rings (SSSR count). The number of allylic oxidation sites excluding steroid dienone is 8. The number of unbranched alkanes of at least 4 members (excludes halogenated alkanes) is 41. The highest BCUT2D eigenvalue weighted by Gasteiger charge is 2.19. The van der Waals surface area contributed by atoms with E-state index in [9.17, 15) is 14.4 Å². The molecule has 0 aliphatic heterocycles. The minimum absolute atomic E-state index is 0.0708. The number of esters is 3. The zero-order valence-electron chi connectivity index (χ0n) is 49.6. The summed E-state index contributed by atoms with van der Waals surface area (Å²) in [6.07, 6.45) is 78.6. The quantitative estimate of drug-likeness (QED) is 0.0261. The molecule has 0 bridgehead atoms. The van der Waals surface area contributed by atoms with Gasteiger partial charge in [0, 0.05) is 19.3 Å². The summed E-state index contributed by atoms with van der Waals surface area (Å²) in [6.45, 7) is 6.63. The predicted molar refractivity (Wildman–Crippen MR) is 321 cm³/mol. The van der Waals surface area contributed by atoms with Gasteiger partial charge in [0.1, 0.15) is 13.2 Å². The Labute approximate surface area is 460 Å². The van der Waals surface area contributed by atoms with Crippen LogP contribution < -0.4 is 0 Å². The summed E-state index contributed by atoms with van der Waals surface area (Å²) in [5.41, 5.74) is 0. The molecule has 0 aromatic heterocycles. The lowest BCUT2D eigenvalue weighted by Crippen LogP contribution is -2.30. The number of hydrogen-bond acceptors (Lipinski definition) is 6. The van der Waals surface area contributed by atoms with Crippen LogP contribution in [0.1, 0.15) is 348 Å². The maximum atomic E-state index is 12.8. The van der Waals surface area contributed by atoms with E-state index in [-0.39, 0.29) is 31.1 Å². The molecule has 0 aliphatic rings. The van der Waals surface area contributed by atoms with E-state index in [0.29, 0.717) is 19.3 Å². The molecule has 0 aliphatic carbocycles. The van der Waals surface area contributed by atoms with E-state index in [0.717, 1.165) is 70.6 Å². The summed E-state index contributed by atoms with van der Waals surface area (Å²) >= 11 is 0. The molecule has 0 aromatic carbocycles. The summed E-state index contributed by atoms with van der Waals surface area (Å²) < 4.78 is 16.9. The van der Waals surface area contributed by atoms with Gasteiger partial charge in [-0.15, -0.1) is 0 Å². The first-order valence-corrected chi connectivity index (χ1v) is 32.6. The monoisotopic (exact) mass is 1040 g/mol. The van der Waals surface area contributed by atoms with Crippen LogP contribution in [0.2, 0.25) is 0 Å². The molecular formula is C68H124O6. The fourth-order valence-electron chi connectivity index (χ4n) is 9.62. The molecule has 1 atom stereocenters. The number of carbonyl (C=O) groups is 3. The van der Waals surface area contributed by atoms with E-state index in [2.05, 4.69) is 69.4 Å². The third-order valence-corrected chi connectivity index (χ3v) is 14.6. The van der Waals surface area contributed by atoms with E-state index < -0.39 is 6.10 Å². The standard InChI is InChI=1S/C68H124O6/c1-4-7-10-13-16-19-21-23-25-27-28-29-30-31-32-33-34-35-36-37-38-39-40-42-43-45-47-49-52-55-58-61-67(70)73-64-65(63-72-66(69)60-57-54-51-18-15-12-9-6-3)74-68(71)62-59-56-53-50-48-46-44-41-26-24-22-20-17-14-11-8-5-2/h21,23-24,26-28,30-31,65H,4-20,22,25,29,32-64H2,1-3H3/b23-21-,26-24-,28-27-,31-30-. The predicted octanol–water partition coefficient (Wildman–Crippen LogP) is 22.2. The molecule has 74 heavy (non-hydrogen) atoms. The first kappa shape index (κ1) is 71.4. The Morgan fingerprint density at radius 2 is 0.486 bits per heavy atom. The fraction of sp³-hybridized carbons (Fsp3) is 0.838. The lowest BCUT2D eigenvalue weighted by atomic mass is 10.0. The van der Waals surface area contributed by atoms with E-state index in [1.54, 1.807) is 0 Å². The van der Waals surface area contributed by atoms with Gasteiger partial charge in [-0.25, -0.2) is 0 Å². The molecule has 1 unspecified atom stereocenters. The van der Waals surface area contributed by atoms with Gasteiger partial charge in [-0.3, -0.25) is 14.4 Å². The molecule has 0 N–H and O–H groups in total. The van der Waals surface area contributed by atoms with Crippen LogP contribution in [0.5, 0.6) is 0 Å². The van der Waals surface area contributed by atoms with E-state index >= 15 is 0 Å². The minimum Gasteiger partial charge on any atom is -0.462 e. The van der Waals surface area contributed by atoms with Crippen molar-refractivity contribution in [3.8, 4) is 0 Å². The number of hydrogen-bond donors (Lipinski definition) is 0. The first-order valence-electron chi connectivity index (χ1n) is 32.6. The average Bonchev–Trinajstić information content (AvgIpc) is 3.40. The summed E-state index contributed by atoms with van der Waals surface area (Å²) in [4.78, 5) is 38.1. The smallest absolute Gasteiger partial charge is 0.306 e. The second-order valence-electron chi connectivity index (χ2n) is 22.0. The van der Waals surface area contributed by atoms with Crippen LogP contribution in [0, 0.1) is 0 Å². The number of ether oxygens (including phenoxy) is 3. The third kappa shape index (κ3) is 60.2. The van der Waals surface area contributed by atoms with Crippen molar-refractivity contribution in [1.29, 1.82) is 0 Å². The zero-order valence-corrected chi connectivity index (χ0v) is 49.6. The summed E-state index contributed by atoms with van der Waals surface area (Å²) in [5, 5.41) is 0. The number of carbonyl (C=O) groups excluding carboxylic acids is 3. The molecule has 0 radical (unpaired) electrons. The van der Waals surface area contributed by atoms with Crippen LogP contribution in [-0.4, -0.2) is 37.2 Å². The largest absolute Gasteiger partial charge is 0.462 e. The SMILES string of the molecule is CCCCCCC/C=C\C/C=C\C/C=C\CCCCCCCCCCCCCCCCCCC(=O)OCC(COC(=O)CCCCCCCCCC)OC(=O)CCCCCCCCC/C=C\CCCCCCCC. The van der Waals surface area contributed by atoms with Crippen molar-refractivity contribution in [2.75, 3.05) is 13.2 Å². The Bertz CT molecular complexity index is 1280. The molecular weight excluding hydrogens is 913 g/mol. The van der Waals surface area contributed by atoms with Crippen LogP contribution in [-0.2, 0) is 28.6 Å². The Morgan fingerprint density at radius 1 is 0.270 bits per heavy atom. The molecule has 0 aromatic rings. The Kier molecular flexibility index (Phi) is 60.7. The van der Waals surface area contributed by atoms with Crippen molar-refractivity contribution in [3.63, 3.8) is 0 Å². The molecule has 6 heteroatoms. The van der Waals surface area contributed by atoms with Gasteiger partial charge in [-0.05, 0) is 83.5 Å². The van der Waals surface area contributed by atoms with Gasteiger partial charge in [-0.1, -0.05) is 294 Å². The average molecular weight is 1040 g/mol. The van der Waals surface area contributed by atoms with Gasteiger partial charge in [0.15, 0.2) is 6.10 Å². The molecule has 0 fully saturated rings. The zero-order chi connectivity index (χ0) is 53.6. The van der Waals surface area contributed by atoms with Gasteiger partial charge >= 0.3 is 17.9 Å². The summed E-state index contributed by atoms with van der Waals surface area (Å²) in [6, 6.07) is 0. The molecule has 0 amide bonds. The number of rotatable bonds is 60. The topological polar surface area (TPSA) is 78.9 Å². The van der Waals surface area contributed by atoms with Crippen molar-refractivity contribution in [2.24, 2.45) is 0 Å². The summed E-state index contributed by atoms with van der Waals surface area (Å²) in [5.74, 6) is -0.861. The highest BCUT2D eigenvalue weighted by atomic mass is 16.6. The lowest BCUT2D eigenvalue weighted by molar-refractivity contribution is -0.167. The highest BCUT2D eigenvalue weighted by Crippen LogP contribution is 2.17. The molecule has 0 heterocycles.